The first-order valence-electron chi connectivity index (χ1n) is 5.93. The van der Waals surface area contributed by atoms with Crippen molar-refractivity contribution in [3.8, 4) is 0 Å². The molecule has 1 aromatic rings. The van der Waals surface area contributed by atoms with E-state index in [1.807, 2.05) is 0 Å². The van der Waals surface area contributed by atoms with Crippen molar-refractivity contribution in [1.82, 2.24) is 4.31 Å². The number of hydrogen-bond donors (Lipinski definition) is 1. The Labute approximate surface area is 117 Å². The molecule has 1 amide bonds. The number of rotatable bonds is 4. The molecule has 0 radical (unpaired) electrons. The average Bonchev–Trinajstić information content (AvgIpc) is 2.82. The lowest BCUT2D eigenvalue weighted by Gasteiger charge is -2.21. The average molecular weight is 303 g/mol. The third-order valence-electron chi connectivity index (χ3n) is 3.15. The van der Waals surface area contributed by atoms with Crippen LogP contribution in [0.15, 0.2) is 24.3 Å². The number of hydrogen-bond acceptors (Lipinski definition) is 3. The van der Waals surface area contributed by atoms with E-state index in [-0.39, 0.29) is 5.75 Å². The van der Waals surface area contributed by atoms with Crippen LogP contribution in [0.25, 0.3) is 0 Å². The second-order valence-electron chi connectivity index (χ2n) is 4.55. The first-order chi connectivity index (χ1) is 8.90. The molecule has 0 aliphatic carbocycles. The van der Waals surface area contributed by atoms with Crippen molar-refractivity contribution in [2.24, 2.45) is 5.73 Å². The summed E-state index contributed by atoms with van der Waals surface area (Å²) in [6, 6.07) is 5.89. The van der Waals surface area contributed by atoms with E-state index in [1.54, 1.807) is 24.3 Å². The van der Waals surface area contributed by atoms with E-state index in [0.717, 1.165) is 0 Å². The summed E-state index contributed by atoms with van der Waals surface area (Å²) in [5.74, 6) is -0.731. The summed E-state index contributed by atoms with van der Waals surface area (Å²) in [7, 11) is -3.53. The summed E-state index contributed by atoms with van der Waals surface area (Å²) < 4.78 is 25.8. The van der Waals surface area contributed by atoms with E-state index >= 15 is 0 Å². The minimum atomic E-state index is -3.53. The molecule has 1 aliphatic rings. The molecule has 1 heterocycles. The Morgan fingerprint density at radius 1 is 1.37 bits per heavy atom. The summed E-state index contributed by atoms with van der Waals surface area (Å²) >= 11 is 5.75. The van der Waals surface area contributed by atoms with Gasteiger partial charge < -0.3 is 5.73 Å². The van der Waals surface area contributed by atoms with E-state index in [1.165, 1.54) is 4.31 Å². The molecule has 0 spiro atoms. The number of nitrogens with two attached hydrogens (primary N) is 1. The van der Waals surface area contributed by atoms with Crippen LogP contribution >= 0.6 is 11.6 Å². The number of carbonyl (C=O) groups excluding carboxylic acids is 1. The van der Waals surface area contributed by atoms with Crippen molar-refractivity contribution in [2.75, 3.05) is 6.54 Å². The van der Waals surface area contributed by atoms with Gasteiger partial charge in [0.25, 0.3) is 0 Å². The minimum Gasteiger partial charge on any atom is -0.368 e. The van der Waals surface area contributed by atoms with Crippen LogP contribution in [0, 0.1) is 0 Å². The number of primary amides is 1. The molecule has 0 saturated carbocycles. The molecule has 1 aromatic carbocycles. The number of benzene rings is 1. The highest BCUT2D eigenvalue weighted by molar-refractivity contribution is 7.88. The van der Waals surface area contributed by atoms with Crippen molar-refractivity contribution >= 4 is 27.5 Å². The van der Waals surface area contributed by atoms with Crippen molar-refractivity contribution < 1.29 is 13.2 Å². The van der Waals surface area contributed by atoms with Crippen molar-refractivity contribution in [2.45, 2.75) is 24.6 Å². The molecule has 1 aliphatic heterocycles. The molecule has 2 rings (SSSR count). The maximum absolute atomic E-state index is 12.3. The third kappa shape index (κ3) is 3.26. The zero-order chi connectivity index (χ0) is 14.0. The van der Waals surface area contributed by atoms with Gasteiger partial charge in [-0.05, 0) is 30.5 Å². The van der Waals surface area contributed by atoms with E-state index in [2.05, 4.69) is 0 Å². The maximum atomic E-state index is 12.3. The van der Waals surface area contributed by atoms with Gasteiger partial charge in [-0.2, -0.15) is 4.31 Å². The molecule has 0 aromatic heterocycles. The predicted molar refractivity (Wildman–Crippen MR) is 73.0 cm³/mol. The highest BCUT2D eigenvalue weighted by Gasteiger charge is 2.37. The number of sulfonamides is 1. The molecule has 5 nitrogen and oxygen atoms in total. The topological polar surface area (TPSA) is 80.5 Å². The van der Waals surface area contributed by atoms with Gasteiger partial charge in [-0.25, -0.2) is 8.42 Å². The fourth-order valence-electron chi connectivity index (χ4n) is 2.23. The van der Waals surface area contributed by atoms with Gasteiger partial charge in [0.05, 0.1) is 5.75 Å². The van der Waals surface area contributed by atoms with Crippen LogP contribution in [0.2, 0.25) is 5.02 Å². The molecule has 0 bridgehead atoms. The third-order valence-corrected chi connectivity index (χ3v) is 5.25. The van der Waals surface area contributed by atoms with Gasteiger partial charge in [-0.1, -0.05) is 23.7 Å². The SMILES string of the molecule is NC(=O)[C@@H]1CCCN1S(=O)(=O)Cc1ccc(Cl)cc1. The van der Waals surface area contributed by atoms with Crippen LogP contribution in [0.3, 0.4) is 0 Å². The maximum Gasteiger partial charge on any atom is 0.235 e. The Bertz CT molecular complexity index is 571. The van der Waals surface area contributed by atoms with E-state index < -0.39 is 22.0 Å². The molecule has 2 N–H and O–H groups in total. The van der Waals surface area contributed by atoms with E-state index in [9.17, 15) is 13.2 Å². The number of carbonyl (C=O) groups is 1. The first kappa shape index (κ1) is 14.3. The lowest BCUT2D eigenvalue weighted by Crippen LogP contribution is -2.44. The summed E-state index contributed by atoms with van der Waals surface area (Å²) in [6.07, 6.45) is 1.16. The van der Waals surface area contributed by atoms with Crippen molar-refractivity contribution in [3.63, 3.8) is 0 Å². The fraction of sp³-hybridized carbons (Fsp3) is 0.417. The summed E-state index contributed by atoms with van der Waals surface area (Å²) in [4.78, 5) is 11.3. The smallest absolute Gasteiger partial charge is 0.235 e. The Morgan fingerprint density at radius 2 is 2.00 bits per heavy atom. The lowest BCUT2D eigenvalue weighted by molar-refractivity contribution is -0.121. The first-order valence-corrected chi connectivity index (χ1v) is 7.92. The van der Waals surface area contributed by atoms with Crippen molar-refractivity contribution in [1.29, 1.82) is 0 Å². The van der Waals surface area contributed by atoms with Crippen LogP contribution in [0.5, 0.6) is 0 Å². The fourth-order valence-corrected chi connectivity index (χ4v) is 4.14. The largest absolute Gasteiger partial charge is 0.368 e. The van der Waals surface area contributed by atoms with Crippen LogP contribution in [0.4, 0.5) is 0 Å². The van der Waals surface area contributed by atoms with Crippen LogP contribution < -0.4 is 5.73 Å². The molecular weight excluding hydrogens is 288 g/mol. The summed E-state index contributed by atoms with van der Waals surface area (Å²) in [5.41, 5.74) is 5.87. The van der Waals surface area contributed by atoms with Crippen LogP contribution in [-0.2, 0) is 20.6 Å². The standard InChI is InChI=1S/C12H15ClN2O3S/c13-10-5-3-9(4-6-10)8-19(17,18)15-7-1-2-11(15)12(14)16/h3-6,11H,1-2,7-8H2,(H2,14,16)/t11-/m0/s1. The van der Waals surface area contributed by atoms with Gasteiger partial charge in [0.15, 0.2) is 0 Å². The summed E-state index contributed by atoms with van der Waals surface area (Å²) in [5, 5.41) is 0.553. The van der Waals surface area contributed by atoms with Gasteiger partial charge in [0.1, 0.15) is 6.04 Å². The highest BCUT2D eigenvalue weighted by atomic mass is 35.5. The molecular formula is C12H15ClN2O3S. The summed E-state index contributed by atoms with van der Waals surface area (Å²) in [6.45, 7) is 0.351. The molecule has 1 atom stereocenters. The second kappa shape index (κ2) is 5.48. The van der Waals surface area contributed by atoms with Gasteiger partial charge in [-0.15, -0.1) is 0 Å². The predicted octanol–water partition coefficient (Wildman–Crippen LogP) is 1.12. The normalized spacial score (nSPS) is 20.6. The van der Waals surface area contributed by atoms with Gasteiger partial charge in [0.2, 0.25) is 15.9 Å². The van der Waals surface area contributed by atoms with Gasteiger partial charge in [-0.3, -0.25) is 4.79 Å². The van der Waals surface area contributed by atoms with Crippen LogP contribution in [0.1, 0.15) is 18.4 Å². The Morgan fingerprint density at radius 3 is 2.58 bits per heavy atom. The molecule has 104 valence electrons. The number of halogens is 1. The zero-order valence-electron chi connectivity index (χ0n) is 10.3. The molecule has 1 fully saturated rings. The second-order valence-corrected chi connectivity index (χ2v) is 6.91. The van der Waals surface area contributed by atoms with E-state index in [4.69, 9.17) is 17.3 Å². The lowest BCUT2D eigenvalue weighted by atomic mass is 10.2. The number of nitrogens with zero attached hydrogens (tertiary/aromatic N) is 1. The minimum absolute atomic E-state index is 0.145. The Hall–Kier alpha value is -1.11. The zero-order valence-corrected chi connectivity index (χ0v) is 11.8. The Balaban J connectivity index is 2.18. The quantitative estimate of drug-likeness (QED) is 0.905. The van der Waals surface area contributed by atoms with Crippen LogP contribution in [-0.4, -0.2) is 31.2 Å². The van der Waals surface area contributed by atoms with Gasteiger partial charge >= 0.3 is 0 Å². The molecule has 19 heavy (non-hydrogen) atoms. The molecule has 1 saturated heterocycles. The highest BCUT2D eigenvalue weighted by Crippen LogP contribution is 2.23. The van der Waals surface area contributed by atoms with Gasteiger partial charge in [0, 0.05) is 11.6 Å². The van der Waals surface area contributed by atoms with Crippen molar-refractivity contribution in [3.05, 3.63) is 34.9 Å². The monoisotopic (exact) mass is 302 g/mol. The molecule has 0 unspecified atom stereocenters. The number of amides is 1. The molecule has 7 heteroatoms. The van der Waals surface area contributed by atoms with E-state index in [0.29, 0.717) is 30.0 Å². The Kier molecular flexibility index (Phi) is 4.13.